The molecular weight excluding hydrogens is 297 g/mol. The van der Waals surface area contributed by atoms with E-state index in [9.17, 15) is 21.6 Å². The first-order valence-electron chi connectivity index (χ1n) is 5.67. The van der Waals surface area contributed by atoms with E-state index in [1.807, 2.05) is 0 Å². The summed E-state index contributed by atoms with van der Waals surface area (Å²) in [6.45, 7) is -2.00. The van der Waals surface area contributed by atoms with Crippen LogP contribution >= 0.6 is 0 Å². The summed E-state index contributed by atoms with van der Waals surface area (Å²) >= 11 is 0. The Hall–Kier alpha value is -1.32. The Kier molecular flexibility index (Phi) is 5.78. The molecule has 20 heavy (non-hydrogen) atoms. The molecule has 0 fully saturated rings. The maximum atomic E-state index is 11.9. The van der Waals surface area contributed by atoms with Gasteiger partial charge in [0, 0.05) is 13.6 Å². The highest BCUT2D eigenvalue weighted by molar-refractivity contribution is 7.89. The summed E-state index contributed by atoms with van der Waals surface area (Å²) in [5.74, 6) is 0. The number of hydrogen-bond acceptors (Lipinski definition) is 4. The number of alkyl halides is 3. The van der Waals surface area contributed by atoms with Gasteiger partial charge in [0.1, 0.15) is 11.5 Å². The van der Waals surface area contributed by atoms with Crippen molar-refractivity contribution in [2.45, 2.75) is 11.1 Å². The summed E-state index contributed by atoms with van der Waals surface area (Å²) in [5, 5.41) is 2.72. The molecule has 9 heteroatoms. The Morgan fingerprint density at radius 1 is 1.25 bits per heavy atom. The van der Waals surface area contributed by atoms with Crippen LogP contribution in [0.3, 0.4) is 0 Å². The molecule has 1 aromatic rings. The molecule has 0 spiro atoms. The lowest BCUT2D eigenvalue weighted by molar-refractivity contribution is -0.173. The van der Waals surface area contributed by atoms with Gasteiger partial charge in [-0.25, -0.2) is 13.1 Å². The lowest BCUT2D eigenvalue weighted by Crippen LogP contribution is -2.29. The molecule has 0 heterocycles. The molecule has 0 radical (unpaired) electrons. The summed E-state index contributed by atoms with van der Waals surface area (Å²) in [6.07, 6.45) is -4.42. The molecule has 0 saturated heterocycles. The predicted molar refractivity (Wildman–Crippen MR) is 68.1 cm³/mol. The molecule has 0 saturated carbocycles. The average Bonchev–Trinajstić information content (AvgIpc) is 2.36. The van der Waals surface area contributed by atoms with E-state index >= 15 is 0 Å². The second-order valence-corrected chi connectivity index (χ2v) is 5.55. The lowest BCUT2D eigenvalue weighted by Gasteiger charge is -2.11. The number of hydrogen-bond donors (Lipinski definition) is 2. The molecule has 1 rings (SSSR count). The van der Waals surface area contributed by atoms with Crippen LogP contribution in [0.4, 0.5) is 18.9 Å². The van der Waals surface area contributed by atoms with Crippen LogP contribution in [0.2, 0.25) is 0 Å². The lowest BCUT2D eigenvalue weighted by atomic mass is 10.3. The zero-order valence-electron chi connectivity index (χ0n) is 10.7. The van der Waals surface area contributed by atoms with Gasteiger partial charge in [0.05, 0.1) is 12.3 Å². The van der Waals surface area contributed by atoms with Gasteiger partial charge in [0.25, 0.3) is 0 Å². The van der Waals surface area contributed by atoms with Crippen LogP contribution in [0, 0.1) is 0 Å². The minimum absolute atomic E-state index is 0.0262. The molecule has 5 nitrogen and oxygen atoms in total. The second kappa shape index (κ2) is 6.91. The summed E-state index contributed by atoms with van der Waals surface area (Å²) < 4.78 is 65.8. The smallest absolute Gasteiger partial charge is 0.387 e. The van der Waals surface area contributed by atoms with E-state index in [0.29, 0.717) is 5.69 Å². The molecular formula is C11H15F3N2O3S. The third kappa shape index (κ3) is 5.35. The molecule has 1 aromatic carbocycles. The first kappa shape index (κ1) is 16.7. The number of anilines is 1. The van der Waals surface area contributed by atoms with Crippen LogP contribution in [-0.2, 0) is 14.8 Å². The molecule has 0 unspecified atom stereocenters. The number of nitrogens with one attached hydrogen (secondary N) is 2. The first-order valence-corrected chi connectivity index (χ1v) is 7.15. The van der Waals surface area contributed by atoms with E-state index < -0.39 is 22.8 Å². The van der Waals surface area contributed by atoms with E-state index in [0.717, 1.165) is 0 Å². The van der Waals surface area contributed by atoms with Crippen molar-refractivity contribution in [3.63, 3.8) is 0 Å². The van der Waals surface area contributed by atoms with Gasteiger partial charge in [-0.3, -0.25) is 0 Å². The van der Waals surface area contributed by atoms with E-state index in [2.05, 4.69) is 14.8 Å². The van der Waals surface area contributed by atoms with Gasteiger partial charge in [-0.1, -0.05) is 12.1 Å². The molecule has 0 aliphatic carbocycles. The molecule has 0 bridgehead atoms. The zero-order chi connectivity index (χ0) is 15.2. The van der Waals surface area contributed by atoms with Crippen molar-refractivity contribution in [3.05, 3.63) is 24.3 Å². The first-order chi connectivity index (χ1) is 9.26. The topological polar surface area (TPSA) is 67.4 Å². The average molecular weight is 312 g/mol. The maximum absolute atomic E-state index is 11.9. The van der Waals surface area contributed by atoms with Crippen molar-refractivity contribution in [1.82, 2.24) is 4.72 Å². The molecule has 0 amide bonds. The van der Waals surface area contributed by atoms with Crippen LogP contribution < -0.4 is 10.0 Å². The van der Waals surface area contributed by atoms with Gasteiger partial charge in [0.15, 0.2) is 0 Å². The number of rotatable bonds is 7. The van der Waals surface area contributed by atoms with Gasteiger partial charge in [-0.15, -0.1) is 0 Å². The maximum Gasteiger partial charge on any atom is 0.411 e. The molecule has 0 atom stereocenters. The summed E-state index contributed by atoms with van der Waals surface area (Å²) in [4.78, 5) is 0.0262. The highest BCUT2D eigenvalue weighted by Gasteiger charge is 2.27. The Morgan fingerprint density at radius 3 is 2.50 bits per heavy atom. The SMILES string of the molecule is CNc1ccccc1S(=O)(=O)NCCOCC(F)(F)F. The van der Waals surface area contributed by atoms with E-state index in [4.69, 9.17) is 0 Å². The number of sulfonamides is 1. The fourth-order valence-corrected chi connectivity index (χ4v) is 2.65. The van der Waals surface area contributed by atoms with Crippen molar-refractivity contribution in [3.8, 4) is 0 Å². The summed E-state index contributed by atoms with van der Waals surface area (Å²) in [5.41, 5.74) is 0.399. The monoisotopic (exact) mass is 312 g/mol. The fraction of sp³-hybridized carbons (Fsp3) is 0.455. The molecule has 0 aromatic heterocycles. The van der Waals surface area contributed by atoms with E-state index in [1.165, 1.54) is 6.07 Å². The standard InChI is InChI=1S/C11H15F3N2O3S/c1-15-9-4-2-3-5-10(9)20(17,18)16-6-7-19-8-11(12,13)14/h2-5,15-16H,6-8H2,1H3. The largest absolute Gasteiger partial charge is 0.411 e. The number of para-hydroxylation sites is 1. The van der Waals surface area contributed by atoms with Crippen molar-refractivity contribution in [1.29, 1.82) is 0 Å². The Bertz CT molecular complexity index is 532. The van der Waals surface area contributed by atoms with Crippen molar-refractivity contribution in [2.75, 3.05) is 32.1 Å². The van der Waals surface area contributed by atoms with Gasteiger partial charge >= 0.3 is 6.18 Å². The Morgan fingerprint density at radius 2 is 1.90 bits per heavy atom. The van der Waals surface area contributed by atoms with Gasteiger partial charge in [-0.05, 0) is 12.1 Å². The highest BCUT2D eigenvalue weighted by atomic mass is 32.2. The van der Waals surface area contributed by atoms with Crippen LogP contribution in [0.1, 0.15) is 0 Å². The molecule has 114 valence electrons. The molecule has 2 N–H and O–H groups in total. The van der Waals surface area contributed by atoms with Crippen LogP contribution in [0.25, 0.3) is 0 Å². The normalized spacial score (nSPS) is 12.4. The Labute approximate surface area is 115 Å². The number of halogens is 3. The summed E-state index contributed by atoms with van der Waals surface area (Å²) in [6, 6.07) is 6.19. The minimum Gasteiger partial charge on any atom is -0.387 e. The number of ether oxygens (including phenoxy) is 1. The van der Waals surface area contributed by atoms with E-state index in [1.54, 1.807) is 25.2 Å². The van der Waals surface area contributed by atoms with Crippen molar-refractivity contribution in [2.24, 2.45) is 0 Å². The van der Waals surface area contributed by atoms with Crippen LogP contribution in [-0.4, -0.2) is 41.4 Å². The quantitative estimate of drug-likeness (QED) is 0.750. The van der Waals surface area contributed by atoms with Gasteiger partial charge < -0.3 is 10.1 Å². The highest BCUT2D eigenvalue weighted by Crippen LogP contribution is 2.19. The Balaban J connectivity index is 2.54. The van der Waals surface area contributed by atoms with Crippen LogP contribution in [0.15, 0.2) is 29.2 Å². The fourth-order valence-electron chi connectivity index (χ4n) is 1.42. The third-order valence-electron chi connectivity index (χ3n) is 2.25. The van der Waals surface area contributed by atoms with Crippen LogP contribution in [0.5, 0.6) is 0 Å². The van der Waals surface area contributed by atoms with Crippen molar-refractivity contribution < 1.29 is 26.3 Å². The molecule has 0 aliphatic heterocycles. The minimum atomic E-state index is -4.42. The van der Waals surface area contributed by atoms with Gasteiger partial charge in [-0.2, -0.15) is 13.2 Å². The van der Waals surface area contributed by atoms with Crippen molar-refractivity contribution >= 4 is 15.7 Å². The second-order valence-electron chi connectivity index (χ2n) is 3.81. The van der Waals surface area contributed by atoms with Gasteiger partial charge in [0.2, 0.25) is 10.0 Å². The predicted octanol–water partition coefficient (Wildman–Crippen LogP) is 1.59. The third-order valence-corrected chi connectivity index (χ3v) is 3.77. The summed E-state index contributed by atoms with van der Waals surface area (Å²) in [7, 11) is -2.22. The van der Waals surface area contributed by atoms with E-state index in [-0.39, 0.29) is 18.0 Å². The zero-order valence-corrected chi connectivity index (χ0v) is 11.5. The molecule has 0 aliphatic rings. The number of benzene rings is 1.